The first-order valence-corrected chi connectivity index (χ1v) is 13.1. The maximum atomic E-state index is 13.5. The molecule has 38 heavy (non-hydrogen) atoms. The van der Waals surface area contributed by atoms with Gasteiger partial charge in [0.1, 0.15) is 0 Å². The van der Waals surface area contributed by atoms with Gasteiger partial charge in [-0.15, -0.1) is 0 Å². The lowest BCUT2D eigenvalue weighted by Gasteiger charge is -2.40. The topological polar surface area (TPSA) is 108 Å². The number of carboxylic acids is 1. The molecule has 4 rings (SSSR count). The largest absolute Gasteiger partial charge is 0.481 e. The molecule has 11 heteroatoms. The number of carbonyl (C=O) groups excluding carboxylic acids is 2. The fourth-order valence-corrected chi connectivity index (χ4v) is 5.06. The van der Waals surface area contributed by atoms with Crippen molar-refractivity contribution in [3.05, 3.63) is 87.9 Å². The van der Waals surface area contributed by atoms with E-state index in [1.54, 1.807) is 52.7 Å². The predicted molar refractivity (Wildman–Crippen MR) is 144 cm³/mol. The minimum absolute atomic E-state index is 0.0757. The van der Waals surface area contributed by atoms with Crippen LogP contribution in [0, 0.1) is 5.92 Å². The highest BCUT2D eigenvalue weighted by Gasteiger charge is 2.33. The molecule has 1 fully saturated rings. The molecule has 3 aromatic rings. The van der Waals surface area contributed by atoms with E-state index in [1.807, 2.05) is 22.9 Å². The summed E-state index contributed by atoms with van der Waals surface area (Å²) in [5.41, 5.74) is 1.89. The molecule has 0 bridgehead atoms. The van der Waals surface area contributed by atoms with Gasteiger partial charge in [-0.1, -0.05) is 47.5 Å². The van der Waals surface area contributed by atoms with Crippen molar-refractivity contribution in [2.45, 2.75) is 32.5 Å². The second kappa shape index (κ2) is 12.8. The van der Waals surface area contributed by atoms with Crippen molar-refractivity contribution in [3.8, 4) is 0 Å². The fourth-order valence-electron chi connectivity index (χ4n) is 4.60. The smallest absolute Gasteiger partial charge is 0.320 e. The number of imidazole rings is 1. The molecule has 9 nitrogen and oxygen atoms in total. The number of rotatable bonds is 11. The minimum atomic E-state index is -0.927. The van der Waals surface area contributed by atoms with Crippen LogP contribution in [-0.2, 0) is 24.4 Å². The predicted octanol–water partition coefficient (Wildman–Crippen LogP) is 4.54. The number of urea groups is 1. The molecule has 2 aromatic carbocycles. The molecule has 0 saturated carbocycles. The number of carboxylic acid groups (broad SMARTS) is 1. The summed E-state index contributed by atoms with van der Waals surface area (Å²) in [6.07, 6.45) is 5.98. The van der Waals surface area contributed by atoms with Crippen LogP contribution in [0.5, 0.6) is 0 Å². The van der Waals surface area contributed by atoms with Gasteiger partial charge in [-0.2, -0.15) is 0 Å². The molecule has 0 spiro atoms. The highest BCUT2D eigenvalue weighted by Crippen LogP contribution is 2.27. The Bertz CT molecular complexity index is 1280. The Hall–Kier alpha value is -3.56. The van der Waals surface area contributed by atoms with Crippen LogP contribution >= 0.6 is 23.2 Å². The number of nitrogens with zero attached hydrogens (tertiary/aromatic N) is 4. The SMILES string of the molecule is O=C(O)CC1CN(Cc2ccc(Cl)cc2Cl)C(=O)N(Cc2ccccc2C(=O)NCCCn2ccnc2)C1. The van der Waals surface area contributed by atoms with Gasteiger partial charge in [-0.25, -0.2) is 9.78 Å². The van der Waals surface area contributed by atoms with Crippen LogP contribution in [0.25, 0.3) is 0 Å². The van der Waals surface area contributed by atoms with Crippen molar-refractivity contribution in [2.24, 2.45) is 5.92 Å². The van der Waals surface area contributed by atoms with E-state index in [9.17, 15) is 19.5 Å². The van der Waals surface area contributed by atoms with E-state index in [0.29, 0.717) is 34.3 Å². The average Bonchev–Trinajstić information content (AvgIpc) is 3.40. The summed E-state index contributed by atoms with van der Waals surface area (Å²) in [6.45, 7) is 2.20. The van der Waals surface area contributed by atoms with E-state index in [2.05, 4.69) is 10.3 Å². The van der Waals surface area contributed by atoms with Gasteiger partial charge in [-0.3, -0.25) is 9.59 Å². The Morgan fingerprint density at radius 1 is 1.05 bits per heavy atom. The first-order valence-electron chi connectivity index (χ1n) is 12.3. The van der Waals surface area contributed by atoms with E-state index in [4.69, 9.17) is 23.2 Å². The number of amides is 3. The van der Waals surface area contributed by atoms with Gasteiger partial charge in [0.05, 0.1) is 12.7 Å². The zero-order chi connectivity index (χ0) is 27.1. The Morgan fingerprint density at radius 3 is 2.47 bits per heavy atom. The molecule has 1 unspecified atom stereocenters. The highest BCUT2D eigenvalue weighted by molar-refractivity contribution is 6.35. The van der Waals surface area contributed by atoms with Crippen LogP contribution in [0.15, 0.2) is 61.2 Å². The second-order valence-corrected chi connectivity index (χ2v) is 10.2. The van der Waals surface area contributed by atoms with Gasteiger partial charge in [0.15, 0.2) is 0 Å². The van der Waals surface area contributed by atoms with E-state index >= 15 is 0 Å². The summed E-state index contributed by atoms with van der Waals surface area (Å²) in [7, 11) is 0. The van der Waals surface area contributed by atoms with Crippen LogP contribution in [-0.4, -0.2) is 62.0 Å². The third-order valence-electron chi connectivity index (χ3n) is 6.40. The number of carbonyl (C=O) groups is 3. The first kappa shape index (κ1) is 27.5. The molecule has 1 aromatic heterocycles. The summed E-state index contributed by atoms with van der Waals surface area (Å²) >= 11 is 12.4. The number of halogens is 2. The zero-order valence-corrected chi connectivity index (χ0v) is 22.2. The Labute approximate surface area is 231 Å². The van der Waals surface area contributed by atoms with Crippen molar-refractivity contribution >= 4 is 41.1 Å². The molecule has 2 N–H and O–H groups in total. The number of aliphatic carboxylic acids is 1. The van der Waals surface area contributed by atoms with Gasteiger partial charge in [0, 0.05) is 73.2 Å². The molecule has 1 atom stereocenters. The van der Waals surface area contributed by atoms with E-state index in [1.165, 1.54) is 0 Å². The maximum absolute atomic E-state index is 13.5. The first-order chi connectivity index (χ1) is 18.3. The number of nitrogens with one attached hydrogen (secondary N) is 1. The molecular weight excluding hydrogens is 529 g/mol. The molecule has 1 aliphatic heterocycles. The van der Waals surface area contributed by atoms with Crippen LogP contribution in [0.4, 0.5) is 4.79 Å². The summed E-state index contributed by atoms with van der Waals surface area (Å²) in [5, 5.41) is 13.3. The lowest BCUT2D eigenvalue weighted by Crippen LogP contribution is -2.53. The van der Waals surface area contributed by atoms with Crippen LogP contribution in [0.2, 0.25) is 10.0 Å². The molecule has 3 amide bonds. The van der Waals surface area contributed by atoms with Crippen LogP contribution in [0.3, 0.4) is 0 Å². The van der Waals surface area contributed by atoms with Crippen LogP contribution in [0.1, 0.15) is 34.3 Å². The number of aryl methyl sites for hydroxylation is 1. The molecule has 0 aliphatic carbocycles. The quantitative estimate of drug-likeness (QED) is 0.336. The molecule has 200 valence electrons. The summed E-state index contributed by atoms with van der Waals surface area (Å²) in [6, 6.07) is 12.0. The number of hydrogen-bond donors (Lipinski definition) is 2. The standard InChI is InChI=1S/C27H29Cl2N5O4/c28-22-7-6-21(24(29)13-22)17-34-15-19(12-25(35)36)14-33(27(34)38)16-20-4-1-2-5-23(20)26(37)31-8-3-10-32-11-9-30-18-32/h1-2,4-7,9,11,13,18-19H,3,8,10,12,14-17H2,(H,31,37)(H,35,36). The normalized spacial score (nSPS) is 15.5. The molecule has 2 heterocycles. The lowest BCUT2D eigenvalue weighted by atomic mass is 9.99. The van der Waals surface area contributed by atoms with Crippen LogP contribution < -0.4 is 5.32 Å². The van der Waals surface area contributed by atoms with Crippen molar-refractivity contribution in [3.63, 3.8) is 0 Å². The Balaban J connectivity index is 1.46. The number of aromatic nitrogens is 2. The molecule has 1 aliphatic rings. The third kappa shape index (κ3) is 7.26. The summed E-state index contributed by atoms with van der Waals surface area (Å²) < 4.78 is 1.94. The number of benzene rings is 2. The van der Waals surface area contributed by atoms with Crippen molar-refractivity contribution in [1.29, 1.82) is 0 Å². The van der Waals surface area contributed by atoms with Gasteiger partial charge in [0.2, 0.25) is 0 Å². The van der Waals surface area contributed by atoms with Gasteiger partial charge >= 0.3 is 12.0 Å². The summed E-state index contributed by atoms with van der Waals surface area (Å²) in [4.78, 5) is 45.2. The highest BCUT2D eigenvalue weighted by atomic mass is 35.5. The summed E-state index contributed by atoms with van der Waals surface area (Å²) in [5.74, 6) is -1.42. The second-order valence-electron chi connectivity index (χ2n) is 9.31. The monoisotopic (exact) mass is 557 g/mol. The molecule has 0 radical (unpaired) electrons. The van der Waals surface area contributed by atoms with E-state index < -0.39 is 5.97 Å². The van der Waals surface area contributed by atoms with Gasteiger partial charge in [0.25, 0.3) is 5.91 Å². The third-order valence-corrected chi connectivity index (χ3v) is 6.99. The van der Waals surface area contributed by atoms with Crippen molar-refractivity contribution < 1.29 is 19.5 Å². The van der Waals surface area contributed by atoms with Gasteiger partial charge in [-0.05, 0) is 35.7 Å². The van der Waals surface area contributed by atoms with Crippen molar-refractivity contribution in [1.82, 2.24) is 24.7 Å². The minimum Gasteiger partial charge on any atom is -0.481 e. The fraction of sp³-hybridized carbons (Fsp3) is 0.333. The van der Waals surface area contributed by atoms with Crippen molar-refractivity contribution in [2.75, 3.05) is 19.6 Å². The van der Waals surface area contributed by atoms with E-state index in [0.717, 1.165) is 18.5 Å². The van der Waals surface area contributed by atoms with Gasteiger partial charge < -0.3 is 24.8 Å². The zero-order valence-electron chi connectivity index (χ0n) is 20.7. The maximum Gasteiger partial charge on any atom is 0.320 e. The average molecular weight is 558 g/mol. The Kier molecular flexibility index (Phi) is 9.25. The molecule has 1 saturated heterocycles. The Morgan fingerprint density at radius 2 is 1.79 bits per heavy atom. The van der Waals surface area contributed by atoms with E-state index in [-0.39, 0.29) is 43.9 Å². The number of hydrogen-bond acceptors (Lipinski definition) is 4. The molecular formula is C27H29Cl2N5O4. The lowest BCUT2D eigenvalue weighted by molar-refractivity contribution is -0.138.